The molecular formula is C24H22N4O2. The zero-order valence-corrected chi connectivity index (χ0v) is 16.8. The molecule has 1 saturated heterocycles. The lowest BCUT2D eigenvalue weighted by molar-refractivity contribution is 0.102. The van der Waals surface area contributed by atoms with Gasteiger partial charge in [0.2, 0.25) is 0 Å². The van der Waals surface area contributed by atoms with Gasteiger partial charge in [-0.3, -0.25) is 4.79 Å². The Balaban J connectivity index is 1.51. The number of carbonyl (C=O) groups is 1. The smallest absolute Gasteiger partial charge is 0.257 e. The fraction of sp³-hybridized carbons (Fsp3) is 0.208. The molecule has 0 bridgehead atoms. The molecule has 0 spiro atoms. The maximum atomic E-state index is 12.8. The molecule has 1 aliphatic rings. The fourth-order valence-corrected chi connectivity index (χ4v) is 3.50. The number of ether oxygens (including phenoxy) is 1. The van der Waals surface area contributed by atoms with Gasteiger partial charge in [0.05, 0.1) is 30.4 Å². The molecule has 1 N–H and O–H groups in total. The number of hydrogen-bond donors (Lipinski definition) is 1. The van der Waals surface area contributed by atoms with E-state index in [0.29, 0.717) is 24.3 Å². The van der Waals surface area contributed by atoms with E-state index in [9.17, 15) is 4.79 Å². The minimum atomic E-state index is -0.198. The molecule has 6 heteroatoms. The van der Waals surface area contributed by atoms with E-state index < -0.39 is 0 Å². The number of nitriles is 1. The average Bonchev–Trinajstić information content (AvgIpc) is 2.81. The second-order valence-corrected chi connectivity index (χ2v) is 7.13. The van der Waals surface area contributed by atoms with Gasteiger partial charge in [-0.15, -0.1) is 0 Å². The molecule has 0 radical (unpaired) electrons. The maximum Gasteiger partial charge on any atom is 0.257 e. The Hall–Kier alpha value is -3.69. The predicted molar refractivity (Wildman–Crippen MR) is 117 cm³/mol. The second-order valence-electron chi connectivity index (χ2n) is 7.13. The highest BCUT2D eigenvalue weighted by Crippen LogP contribution is 2.29. The van der Waals surface area contributed by atoms with Crippen LogP contribution in [0, 0.1) is 18.3 Å². The van der Waals surface area contributed by atoms with E-state index in [1.165, 1.54) is 0 Å². The van der Waals surface area contributed by atoms with E-state index in [-0.39, 0.29) is 5.91 Å². The van der Waals surface area contributed by atoms with Crippen molar-refractivity contribution < 1.29 is 9.53 Å². The molecule has 2 aromatic carbocycles. The standard InChI is InChI=1S/C24H22N4O2/c1-17-21(19-7-5-18(15-25)6-8-19)3-2-4-22(17)27-24(29)20-9-10-23(26-16-20)28-11-13-30-14-12-28/h2-10,16H,11-14H2,1H3,(H,27,29). The molecule has 0 aliphatic carbocycles. The Morgan fingerprint density at radius 1 is 1.10 bits per heavy atom. The lowest BCUT2D eigenvalue weighted by atomic mass is 9.98. The van der Waals surface area contributed by atoms with Crippen LogP contribution in [0.3, 0.4) is 0 Å². The van der Waals surface area contributed by atoms with Crippen LogP contribution in [0.1, 0.15) is 21.5 Å². The first-order chi connectivity index (χ1) is 14.7. The van der Waals surface area contributed by atoms with Crippen molar-refractivity contribution in [1.82, 2.24) is 4.98 Å². The Bertz CT molecular complexity index is 1080. The lowest BCUT2D eigenvalue weighted by Gasteiger charge is -2.27. The second kappa shape index (κ2) is 8.76. The van der Waals surface area contributed by atoms with E-state index in [1.54, 1.807) is 24.4 Å². The molecule has 0 unspecified atom stereocenters. The molecule has 2 heterocycles. The highest BCUT2D eigenvalue weighted by atomic mass is 16.5. The zero-order chi connectivity index (χ0) is 20.9. The largest absolute Gasteiger partial charge is 0.378 e. The molecular weight excluding hydrogens is 376 g/mol. The summed E-state index contributed by atoms with van der Waals surface area (Å²) in [7, 11) is 0. The van der Waals surface area contributed by atoms with E-state index in [0.717, 1.165) is 41.3 Å². The van der Waals surface area contributed by atoms with Crippen LogP contribution in [-0.4, -0.2) is 37.2 Å². The van der Waals surface area contributed by atoms with Gasteiger partial charge in [-0.05, 0) is 53.9 Å². The molecule has 30 heavy (non-hydrogen) atoms. The third kappa shape index (κ3) is 4.17. The number of hydrogen-bond acceptors (Lipinski definition) is 5. The molecule has 6 nitrogen and oxygen atoms in total. The van der Waals surface area contributed by atoms with Crippen molar-refractivity contribution in [1.29, 1.82) is 5.26 Å². The van der Waals surface area contributed by atoms with Gasteiger partial charge in [0.1, 0.15) is 5.82 Å². The van der Waals surface area contributed by atoms with Gasteiger partial charge < -0.3 is 15.0 Å². The molecule has 3 aromatic rings. The molecule has 1 fully saturated rings. The topological polar surface area (TPSA) is 78.2 Å². The third-order valence-electron chi connectivity index (χ3n) is 5.25. The molecule has 0 atom stereocenters. The van der Waals surface area contributed by atoms with Crippen LogP contribution in [0.2, 0.25) is 0 Å². The quantitative estimate of drug-likeness (QED) is 0.718. The SMILES string of the molecule is Cc1c(NC(=O)c2ccc(N3CCOCC3)nc2)cccc1-c1ccc(C#N)cc1. The number of benzene rings is 2. The van der Waals surface area contributed by atoms with Crippen molar-refractivity contribution >= 4 is 17.4 Å². The van der Waals surface area contributed by atoms with Gasteiger partial charge in [0.15, 0.2) is 0 Å². The Morgan fingerprint density at radius 2 is 1.87 bits per heavy atom. The summed E-state index contributed by atoms with van der Waals surface area (Å²) in [6, 6.07) is 19.0. The molecule has 1 amide bonds. The molecule has 0 saturated carbocycles. The van der Waals surface area contributed by atoms with Crippen molar-refractivity contribution in [2.45, 2.75) is 6.92 Å². The Kier molecular flexibility index (Phi) is 5.73. The van der Waals surface area contributed by atoms with Crippen LogP contribution in [0.15, 0.2) is 60.8 Å². The van der Waals surface area contributed by atoms with Crippen LogP contribution in [-0.2, 0) is 4.74 Å². The number of nitrogens with one attached hydrogen (secondary N) is 1. The van der Waals surface area contributed by atoms with Crippen molar-refractivity contribution in [2.75, 3.05) is 36.5 Å². The number of nitrogens with zero attached hydrogens (tertiary/aromatic N) is 3. The summed E-state index contributed by atoms with van der Waals surface area (Å²) < 4.78 is 5.37. The van der Waals surface area contributed by atoms with Crippen LogP contribution in [0.25, 0.3) is 11.1 Å². The van der Waals surface area contributed by atoms with Crippen LogP contribution < -0.4 is 10.2 Å². The molecule has 150 valence electrons. The summed E-state index contributed by atoms with van der Waals surface area (Å²) in [6.45, 7) is 4.97. The summed E-state index contributed by atoms with van der Waals surface area (Å²) in [4.78, 5) is 19.4. The van der Waals surface area contributed by atoms with Gasteiger partial charge in [-0.2, -0.15) is 5.26 Å². The average molecular weight is 398 g/mol. The van der Waals surface area contributed by atoms with E-state index in [4.69, 9.17) is 10.00 Å². The first-order valence-corrected chi connectivity index (χ1v) is 9.86. The lowest BCUT2D eigenvalue weighted by Crippen LogP contribution is -2.36. The highest BCUT2D eigenvalue weighted by molar-refractivity contribution is 6.05. The maximum absolute atomic E-state index is 12.8. The zero-order valence-electron chi connectivity index (χ0n) is 16.8. The monoisotopic (exact) mass is 398 g/mol. The number of pyridine rings is 1. The summed E-state index contributed by atoms with van der Waals surface area (Å²) in [5, 5.41) is 12.0. The molecule has 1 aliphatic heterocycles. The van der Waals surface area contributed by atoms with Gasteiger partial charge in [-0.1, -0.05) is 24.3 Å². The number of aromatic nitrogens is 1. The highest BCUT2D eigenvalue weighted by Gasteiger charge is 2.14. The first-order valence-electron chi connectivity index (χ1n) is 9.86. The van der Waals surface area contributed by atoms with Gasteiger partial charge in [0.25, 0.3) is 5.91 Å². The van der Waals surface area contributed by atoms with Gasteiger partial charge in [-0.25, -0.2) is 4.98 Å². The van der Waals surface area contributed by atoms with Crippen molar-refractivity contribution in [3.63, 3.8) is 0 Å². The Morgan fingerprint density at radius 3 is 2.53 bits per heavy atom. The van der Waals surface area contributed by atoms with E-state index in [2.05, 4.69) is 21.3 Å². The van der Waals surface area contributed by atoms with Crippen LogP contribution >= 0.6 is 0 Å². The number of morpholine rings is 1. The number of carbonyl (C=O) groups excluding carboxylic acids is 1. The summed E-state index contributed by atoms with van der Waals surface area (Å²) >= 11 is 0. The fourth-order valence-electron chi connectivity index (χ4n) is 3.50. The Labute approximate surface area is 175 Å². The molecule has 1 aromatic heterocycles. The third-order valence-corrected chi connectivity index (χ3v) is 5.25. The van der Waals surface area contributed by atoms with Crippen LogP contribution in [0.4, 0.5) is 11.5 Å². The van der Waals surface area contributed by atoms with Crippen molar-refractivity contribution in [3.05, 3.63) is 77.5 Å². The summed E-state index contributed by atoms with van der Waals surface area (Å²) in [6.07, 6.45) is 1.61. The van der Waals surface area contributed by atoms with E-state index in [1.807, 2.05) is 43.3 Å². The minimum Gasteiger partial charge on any atom is -0.378 e. The normalized spacial score (nSPS) is 13.5. The van der Waals surface area contributed by atoms with Crippen molar-refractivity contribution in [3.8, 4) is 17.2 Å². The van der Waals surface area contributed by atoms with Crippen LogP contribution in [0.5, 0.6) is 0 Å². The van der Waals surface area contributed by atoms with Crippen molar-refractivity contribution in [2.24, 2.45) is 0 Å². The number of amides is 1. The van der Waals surface area contributed by atoms with Gasteiger partial charge in [0, 0.05) is 25.0 Å². The predicted octanol–water partition coefficient (Wildman–Crippen LogP) is 4.02. The summed E-state index contributed by atoms with van der Waals surface area (Å²) in [5.74, 6) is 0.657. The number of rotatable bonds is 4. The molecule has 4 rings (SSSR count). The first kappa shape index (κ1) is 19.6. The summed E-state index contributed by atoms with van der Waals surface area (Å²) in [5.41, 5.74) is 4.86. The minimum absolute atomic E-state index is 0.198. The van der Waals surface area contributed by atoms with Gasteiger partial charge >= 0.3 is 0 Å². The van der Waals surface area contributed by atoms with E-state index >= 15 is 0 Å². The number of anilines is 2.